The number of aromatic nitrogens is 2. The minimum Gasteiger partial charge on any atom is -0.360 e. The van der Waals surface area contributed by atoms with E-state index in [1.165, 1.54) is 15.6 Å². The summed E-state index contributed by atoms with van der Waals surface area (Å²) in [6.45, 7) is 3.66. The Labute approximate surface area is 201 Å². The van der Waals surface area contributed by atoms with E-state index < -0.39 is 15.9 Å². The van der Waals surface area contributed by atoms with Crippen LogP contribution in [-0.2, 0) is 14.8 Å². The van der Waals surface area contributed by atoms with Crippen molar-refractivity contribution in [2.24, 2.45) is 5.92 Å². The predicted octanol–water partition coefficient (Wildman–Crippen LogP) is 4.61. The summed E-state index contributed by atoms with van der Waals surface area (Å²) in [6, 6.07) is 14.2. The van der Waals surface area contributed by atoms with Gasteiger partial charge < -0.3 is 9.84 Å². The number of nitrogens with one attached hydrogen (secondary N) is 1. The van der Waals surface area contributed by atoms with Crippen molar-refractivity contribution in [2.75, 3.05) is 18.4 Å². The monoisotopic (exact) mass is 496 g/mol. The van der Waals surface area contributed by atoms with Crippen molar-refractivity contribution < 1.29 is 17.7 Å². The first-order valence-corrected chi connectivity index (χ1v) is 13.3. The van der Waals surface area contributed by atoms with Crippen LogP contribution in [0.5, 0.6) is 0 Å². The Bertz CT molecular complexity index is 1450. The molecule has 2 aromatic heterocycles. The molecule has 0 saturated carbocycles. The molecule has 10 heteroatoms. The summed E-state index contributed by atoms with van der Waals surface area (Å²) in [4.78, 5) is 17.7. The number of thiazole rings is 1. The molecule has 0 radical (unpaired) electrons. The number of amides is 1. The predicted molar refractivity (Wildman–Crippen MR) is 131 cm³/mol. The van der Waals surface area contributed by atoms with E-state index >= 15 is 0 Å². The lowest BCUT2D eigenvalue weighted by atomic mass is 9.99. The fourth-order valence-corrected chi connectivity index (χ4v) is 6.99. The van der Waals surface area contributed by atoms with E-state index in [-0.39, 0.29) is 23.1 Å². The van der Waals surface area contributed by atoms with Gasteiger partial charge in [0.2, 0.25) is 15.9 Å². The van der Waals surface area contributed by atoms with E-state index in [4.69, 9.17) is 4.52 Å². The number of carbonyl (C=O) groups excluding carboxylic acids is 1. The number of nitrogens with zero attached hydrogens (tertiary/aromatic N) is 3. The molecule has 8 nitrogen and oxygen atoms in total. The minimum atomic E-state index is -3.79. The molecule has 1 fully saturated rings. The molecule has 5 rings (SSSR count). The van der Waals surface area contributed by atoms with Crippen LogP contribution in [0.1, 0.15) is 24.3 Å². The van der Waals surface area contributed by atoms with Crippen LogP contribution in [0.15, 0.2) is 57.3 Å². The Morgan fingerprint density at radius 2 is 1.97 bits per heavy atom. The van der Waals surface area contributed by atoms with E-state index in [1.54, 1.807) is 13.8 Å². The van der Waals surface area contributed by atoms with E-state index in [0.717, 1.165) is 22.0 Å². The Kier molecular flexibility index (Phi) is 5.97. The summed E-state index contributed by atoms with van der Waals surface area (Å²) in [5, 5.41) is 11.3. The maximum atomic E-state index is 13.2. The zero-order valence-electron chi connectivity index (χ0n) is 18.8. The quantitative estimate of drug-likeness (QED) is 0.433. The molecule has 4 aromatic rings. The number of hydrogen-bond donors (Lipinski definition) is 1. The topological polar surface area (TPSA) is 105 Å². The smallest absolute Gasteiger partial charge is 0.248 e. The third-order valence-electron chi connectivity index (χ3n) is 6.12. The maximum Gasteiger partial charge on any atom is 0.248 e. The molecule has 2 aromatic carbocycles. The Morgan fingerprint density at radius 1 is 1.18 bits per heavy atom. The fourth-order valence-electron chi connectivity index (χ4n) is 4.46. The van der Waals surface area contributed by atoms with Crippen LogP contribution >= 0.6 is 11.3 Å². The lowest BCUT2D eigenvalue weighted by Gasteiger charge is -2.30. The van der Waals surface area contributed by atoms with Gasteiger partial charge in [0, 0.05) is 24.0 Å². The van der Waals surface area contributed by atoms with Gasteiger partial charge in [-0.1, -0.05) is 47.6 Å². The Morgan fingerprint density at radius 3 is 2.76 bits per heavy atom. The zero-order valence-corrected chi connectivity index (χ0v) is 20.4. The number of rotatable bonds is 5. The van der Waals surface area contributed by atoms with Crippen LogP contribution in [0.2, 0.25) is 0 Å². The number of piperidine rings is 1. The van der Waals surface area contributed by atoms with E-state index in [0.29, 0.717) is 30.2 Å². The molecule has 0 bridgehead atoms. The summed E-state index contributed by atoms with van der Waals surface area (Å²) < 4.78 is 32.7. The lowest BCUT2D eigenvalue weighted by molar-refractivity contribution is -0.120. The molecule has 34 heavy (non-hydrogen) atoms. The number of sulfonamides is 1. The third-order valence-corrected chi connectivity index (χ3v) is 8.99. The number of hydrogen-bond acceptors (Lipinski definition) is 7. The van der Waals surface area contributed by atoms with Gasteiger partial charge in [0.1, 0.15) is 10.6 Å². The molecule has 1 saturated heterocycles. The molecule has 1 atom stereocenters. The first kappa shape index (κ1) is 22.7. The van der Waals surface area contributed by atoms with Gasteiger partial charge in [-0.2, -0.15) is 4.31 Å². The molecular formula is C24H24N4O4S2. The molecule has 1 N–H and O–H groups in total. The molecule has 1 aliphatic rings. The van der Waals surface area contributed by atoms with Crippen molar-refractivity contribution in [3.63, 3.8) is 0 Å². The van der Waals surface area contributed by atoms with Gasteiger partial charge in [-0.25, -0.2) is 13.4 Å². The average Bonchev–Trinajstić information content (AvgIpc) is 3.44. The summed E-state index contributed by atoms with van der Waals surface area (Å²) in [5.74, 6) is -0.431. The molecule has 0 aliphatic carbocycles. The highest BCUT2D eigenvalue weighted by molar-refractivity contribution is 7.89. The third kappa shape index (κ3) is 4.13. The summed E-state index contributed by atoms with van der Waals surface area (Å²) in [6.07, 6.45) is 1.21. The number of benzene rings is 2. The highest BCUT2D eigenvalue weighted by atomic mass is 32.2. The lowest BCUT2D eigenvalue weighted by Crippen LogP contribution is -2.43. The Balaban J connectivity index is 1.32. The first-order valence-electron chi connectivity index (χ1n) is 11.0. The van der Waals surface area contributed by atoms with Gasteiger partial charge in [-0.15, -0.1) is 11.3 Å². The van der Waals surface area contributed by atoms with Crippen molar-refractivity contribution in [3.8, 4) is 11.3 Å². The largest absolute Gasteiger partial charge is 0.360 e. The molecule has 1 aliphatic heterocycles. The molecule has 0 spiro atoms. The standard InChI is InChI=1S/C24H24N4O4S2/c1-15-22(16(2)32-27-15)34(30,31)28-12-6-9-18(13-28)23(29)26-24-25-21(14-33-24)20-11-5-8-17-7-3-4-10-19(17)20/h3-5,7-8,10-11,14,18H,6,9,12-13H2,1-2H3,(H,25,26,29). The first-order chi connectivity index (χ1) is 16.3. The van der Waals surface area contributed by atoms with Crippen molar-refractivity contribution in [1.29, 1.82) is 0 Å². The van der Waals surface area contributed by atoms with Crippen LogP contribution in [0.25, 0.3) is 22.0 Å². The molecule has 1 unspecified atom stereocenters. The normalized spacial score (nSPS) is 17.2. The van der Waals surface area contributed by atoms with Crippen LogP contribution in [0.4, 0.5) is 5.13 Å². The van der Waals surface area contributed by atoms with Gasteiger partial charge in [-0.05, 0) is 37.5 Å². The summed E-state index contributed by atoms with van der Waals surface area (Å²) in [7, 11) is -3.79. The van der Waals surface area contributed by atoms with Gasteiger partial charge in [0.05, 0.1) is 11.6 Å². The van der Waals surface area contributed by atoms with E-state index in [1.807, 2.05) is 29.6 Å². The fraction of sp³-hybridized carbons (Fsp3) is 0.292. The van der Waals surface area contributed by atoms with Crippen molar-refractivity contribution in [3.05, 3.63) is 59.3 Å². The van der Waals surface area contributed by atoms with Crippen LogP contribution in [0.3, 0.4) is 0 Å². The SMILES string of the molecule is Cc1noc(C)c1S(=O)(=O)N1CCCC(C(=O)Nc2nc(-c3cccc4ccccc34)cs2)C1. The van der Waals surface area contributed by atoms with Gasteiger partial charge in [0.25, 0.3) is 0 Å². The molecule has 1 amide bonds. The van der Waals surface area contributed by atoms with Crippen molar-refractivity contribution >= 4 is 43.2 Å². The highest BCUT2D eigenvalue weighted by Gasteiger charge is 2.36. The number of fused-ring (bicyclic) bond motifs is 1. The van der Waals surface area contributed by atoms with Crippen molar-refractivity contribution in [2.45, 2.75) is 31.6 Å². The summed E-state index contributed by atoms with van der Waals surface area (Å²) in [5.41, 5.74) is 2.13. The second-order valence-electron chi connectivity index (χ2n) is 8.41. The maximum absolute atomic E-state index is 13.2. The second kappa shape index (κ2) is 8.94. The highest BCUT2D eigenvalue weighted by Crippen LogP contribution is 2.32. The average molecular weight is 497 g/mol. The van der Waals surface area contributed by atoms with Crippen LogP contribution in [-0.4, -0.2) is 41.9 Å². The van der Waals surface area contributed by atoms with Crippen LogP contribution < -0.4 is 5.32 Å². The van der Waals surface area contributed by atoms with Gasteiger partial charge in [0.15, 0.2) is 10.9 Å². The van der Waals surface area contributed by atoms with Gasteiger partial charge in [-0.3, -0.25) is 4.79 Å². The number of carbonyl (C=O) groups is 1. The molecule has 176 valence electrons. The second-order valence-corrected chi connectivity index (χ2v) is 11.1. The van der Waals surface area contributed by atoms with Crippen LogP contribution in [0, 0.1) is 19.8 Å². The van der Waals surface area contributed by atoms with E-state index in [9.17, 15) is 13.2 Å². The Hall–Kier alpha value is -3.08. The molecular weight excluding hydrogens is 472 g/mol. The van der Waals surface area contributed by atoms with Gasteiger partial charge >= 0.3 is 0 Å². The molecule has 3 heterocycles. The number of aryl methyl sites for hydroxylation is 2. The van der Waals surface area contributed by atoms with Crippen molar-refractivity contribution in [1.82, 2.24) is 14.4 Å². The summed E-state index contributed by atoms with van der Waals surface area (Å²) >= 11 is 1.36. The number of anilines is 1. The minimum absolute atomic E-state index is 0.0909. The van der Waals surface area contributed by atoms with E-state index in [2.05, 4.69) is 33.7 Å². The zero-order chi connectivity index (χ0) is 23.9.